The molecule has 0 bridgehead atoms. The molecule has 0 aromatic heterocycles. The van der Waals surface area contributed by atoms with Crippen molar-refractivity contribution in [3.05, 3.63) is 0 Å². The van der Waals surface area contributed by atoms with Gasteiger partial charge in [-0.1, -0.05) is 0 Å². The van der Waals surface area contributed by atoms with E-state index in [1.807, 2.05) is 7.05 Å². The van der Waals surface area contributed by atoms with Gasteiger partial charge in [0, 0.05) is 27.8 Å². The lowest BCUT2D eigenvalue weighted by Crippen LogP contribution is -2.21. The fourth-order valence-corrected chi connectivity index (χ4v) is 2.49. The van der Waals surface area contributed by atoms with E-state index in [0.29, 0.717) is 11.5 Å². The second-order valence-electron chi connectivity index (χ2n) is 2.88. The fraction of sp³-hybridized carbons (Fsp3) is 1.00. The molecule has 60 valence electrons. The summed E-state index contributed by atoms with van der Waals surface area (Å²) in [5, 5.41) is 0. The average molecular weight is 162 g/mol. The second kappa shape index (κ2) is 2.88. The van der Waals surface area contributed by atoms with Gasteiger partial charge in [0.2, 0.25) is 0 Å². The van der Waals surface area contributed by atoms with Gasteiger partial charge in [-0.3, -0.25) is 4.78 Å². The van der Waals surface area contributed by atoms with Crippen LogP contribution in [-0.4, -0.2) is 40.8 Å². The average Bonchev–Trinajstić information content (AvgIpc) is 1.94. The molecule has 1 N–H and O–H groups in total. The van der Waals surface area contributed by atoms with Crippen LogP contribution in [0.5, 0.6) is 0 Å². The van der Waals surface area contributed by atoms with Crippen LogP contribution in [-0.2, 0) is 9.73 Å². The molecule has 4 heteroatoms. The molecule has 0 amide bonds. The van der Waals surface area contributed by atoms with E-state index in [1.54, 1.807) is 0 Å². The Morgan fingerprint density at radius 1 is 1.40 bits per heavy atom. The Kier molecular flexibility index (Phi) is 2.31. The molecule has 0 aliphatic carbocycles. The third kappa shape index (κ3) is 2.27. The monoisotopic (exact) mass is 162 g/mol. The first-order valence-electron chi connectivity index (χ1n) is 3.53. The van der Waals surface area contributed by atoms with E-state index in [9.17, 15) is 4.21 Å². The molecular formula is C6H14N2OS. The number of hydrogen-bond acceptors (Lipinski definition) is 3. The number of nitrogens with one attached hydrogen (secondary N) is 1. The van der Waals surface area contributed by atoms with Crippen molar-refractivity contribution in [3.8, 4) is 0 Å². The topological polar surface area (TPSA) is 44.2 Å². The summed E-state index contributed by atoms with van der Waals surface area (Å²) in [5.41, 5.74) is 0. The van der Waals surface area contributed by atoms with Crippen molar-refractivity contribution in [2.45, 2.75) is 6.42 Å². The van der Waals surface area contributed by atoms with Crippen LogP contribution in [0, 0.1) is 4.78 Å². The lowest BCUT2D eigenvalue weighted by atomic mass is 10.4. The van der Waals surface area contributed by atoms with Gasteiger partial charge in [0.1, 0.15) is 0 Å². The first-order valence-corrected chi connectivity index (χ1v) is 5.42. The molecule has 1 atom stereocenters. The fourth-order valence-electron chi connectivity index (χ4n) is 1.08. The van der Waals surface area contributed by atoms with E-state index in [0.717, 1.165) is 19.5 Å². The summed E-state index contributed by atoms with van der Waals surface area (Å²) in [6, 6.07) is 0. The zero-order valence-corrected chi connectivity index (χ0v) is 7.12. The predicted molar refractivity (Wildman–Crippen MR) is 42.7 cm³/mol. The maximum absolute atomic E-state index is 11.2. The van der Waals surface area contributed by atoms with Crippen LogP contribution >= 0.6 is 0 Å². The minimum Gasteiger partial charge on any atom is -0.305 e. The van der Waals surface area contributed by atoms with Crippen molar-refractivity contribution in [2.75, 3.05) is 31.6 Å². The molecule has 0 radical (unpaired) electrons. The standard InChI is InChI=1S/C6H14N2OS/c1-8-3-2-5-10(7,9)6-4-8/h7H,2-6H2,1H3. The Morgan fingerprint density at radius 3 is 2.80 bits per heavy atom. The van der Waals surface area contributed by atoms with Crippen LogP contribution in [0.2, 0.25) is 0 Å². The highest BCUT2D eigenvalue weighted by atomic mass is 32.2. The molecule has 0 spiro atoms. The van der Waals surface area contributed by atoms with Gasteiger partial charge in [-0.15, -0.1) is 0 Å². The molecule has 0 saturated carbocycles. The zero-order chi connectivity index (χ0) is 7.61. The third-order valence-corrected chi connectivity index (χ3v) is 3.61. The minimum absolute atomic E-state index is 0.559. The number of rotatable bonds is 0. The van der Waals surface area contributed by atoms with E-state index in [1.165, 1.54) is 0 Å². The van der Waals surface area contributed by atoms with Crippen molar-refractivity contribution in [1.29, 1.82) is 4.78 Å². The molecule has 1 saturated heterocycles. The smallest absolute Gasteiger partial charge is 0.0454 e. The van der Waals surface area contributed by atoms with Crippen molar-refractivity contribution in [3.63, 3.8) is 0 Å². The Bertz CT molecular complexity index is 198. The summed E-state index contributed by atoms with van der Waals surface area (Å²) < 4.78 is 18.6. The van der Waals surface area contributed by atoms with Gasteiger partial charge in [0.25, 0.3) is 0 Å². The van der Waals surface area contributed by atoms with E-state index in [2.05, 4.69) is 4.90 Å². The first-order chi connectivity index (χ1) is 4.60. The Hall–Kier alpha value is -0.0900. The molecule has 1 aliphatic heterocycles. The van der Waals surface area contributed by atoms with Gasteiger partial charge >= 0.3 is 0 Å². The normalized spacial score (nSPS) is 37.3. The summed E-state index contributed by atoms with van der Waals surface area (Å²) in [6.45, 7) is 1.82. The van der Waals surface area contributed by atoms with Gasteiger partial charge in [-0.2, -0.15) is 0 Å². The highest BCUT2D eigenvalue weighted by molar-refractivity contribution is 7.92. The molecule has 1 heterocycles. The third-order valence-electron chi connectivity index (χ3n) is 1.82. The van der Waals surface area contributed by atoms with Crippen molar-refractivity contribution >= 4 is 9.73 Å². The maximum Gasteiger partial charge on any atom is 0.0454 e. The number of nitrogens with zero attached hydrogens (tertiary/aromatic N) is 1. The Balaban J connectivity index is 2.58. The molecule has 10 heavy (non-hydrogen) atoms. The van der Waals surface area contributed by atoms with Gasteiger partial charge in [0.15, 0.2) is 0 Å². The zero-order valence-electron chi connectivity index (χ0n) is 6.30. The molecule has 1 rings (SSSR count). The van der Waals surface area contributed by atoms with Gasteiger partial charge in [-0.05, 0) is 20.0 Å². The van der Waals surface area contributed by atoms with E-state index >= 15 is 0 Å². The SMILES string of the molecule is CN1CCCS(=N)(=O)CC1. The highest BCUT2D eigenvalue weighted by Gasteiger charge is 2.12. The minimum atomic E-state index is -2.19. The van der Waals surface area contributed by atoms with E-state index in [-0.39, 0.29) is 0 Å². The molecular weight excluding hydrogens is 148 g/mol. The van der Waals surface area contributed by atoms with Crippen LogP contribution in [0.4, 0.5) is 0 Å². The largest absolute Gasteiger partial charge is 0.305 e. The molecule has 3 nitrogen and oxygen atoms in total. The molecule has 1 aliphatic rings. The molecule has 1 unspecified atom stereocenters. The van der Waals surface area contributed by atoms with E-state index < -0.39 is 9.73 Å². The van der Waals surface area contributed by atoms with Crippen LogP contribution in [0.15, 0.2) is 0 Å². The summed E-state index contributed by atoms with van der Waals surface area (Å²) in [5.74, 6) is 1.15. The number of hydrogen-bond donors (Lipinski definition) is 1. The highest BCUT2D eigenvalue weighted by Crippen LogP contribution is 2.02. The molecule has 0 aromatic rings. The molecule has 1 fully saturated rings. The quantitative estimate of drug-likeness (QED) is 0.559. The maximum atomic E-state index is 11.2. The Morgan fingerprint density at radius 2 is 2.10 bits per heavy atom. The summed E-state index contributed by atoms with van der Waals surface area (Å²) in [6.07, 6.45) is 0.916. The van der Waals surface area contributed by atoms with Gasteiger partial charge < -0.3 is 4.90 Å². The van der Waals surface area contributed by atoms with Gasteiger partial charge in [-0.25, -0.2) is 4.21 Å². The lowest BCUT2D eigenvalue weighted by molar-refractivity contribution is 0.362. The summed E-state index contributed by atoms with van der Waals surface area (Å²) in [7, 11) is -0.179. The first kappa shape index (κ1) is 8.01. The van der Waals surface area contributed by atoms with Crippen molar-refractivity contribution in [2.24, 2.45) is 0 Å². The van der Waals surface area contributed by atoms with Crippen molar-refractivity contribution < 1.29 is 4.21 Å². The van der Waals surface area contributed by atoms with Crippen LogP contribution < -0.4 is 0 Å². The predicted octanol–water partition coefficient (Wildman–Crippen LogP) is 0.369. The molecule has 0 aromatic carbocycles. The van der Waals surface area contributed by atoms with Crippen LogP contribution in [0.1, 0.15) is 6.42 Å². The summed E-state index contributed by atoms with van der Waals surface area (Å²) in [4.78, 5) is 2.14. The van der Waals surface area contributed by atoms with Crippen molar-refractivity contribution in [1.82, 2.24) is 4.90 Å². The van der Waals surface area contributed by atoms with Crippen LogP contribution in [0.3, 0.4) is 0 Å². The van der Waals surface area contributed by atoms with E-state index in [4.69, 9.17) is 4.78 Å². The van der Waals surface area contributed by atoms with Crippen LogP contribution in [0.25, 0.3) is 0 Å². The summed E-state index contributed by atoms with van der Waals surface area (Å²) >= 11 is 0. The lowest BCUT2D eigenvalue weighted by Gasteiger charge is -2.10. The second-order valence-corrected chi connectivity index (χ2v) is 5.32. The van der Waals surface area contributed by atoms with Gasteiger partial charge in [0.05, 0.1) is 0 Å². The Labute approximate surface area is 62.4 Å².